The Hall–Kier alpha value is -2.68. The molecule has 7 nitrogen and oxygen atoms in total. The summed E-state index contributed by atoms with van der Waals surface area (Å²) in [6.07, 6.45) is 12.1. The molecule has 1 aliphatic rings. The van der Waals surface area contributed by atoms with Crippen LogP contribution in [0.4, 0.5) is 10.9 Å². The molecule has 0 aliphatic carbocycles. The molecule has 1 fully saturated rings. The molecule has 4 N–H and O–H groups in total. The largest absolute Gasteiger partial charge is 0.319 e. The van der Waals surface area contributed by atoms with E-state index in [2.05, 4.69) is 39.3 Å². The number of pyridine rings is 2. The van der Waals surface area contributed by atoms with E-state index in [1.54, 1.807) is 11.3 Å². The number of allylic oxidation sites excluding steroid dienone is 1. The third kappa shape index (κ3) is 6.66. The van der Waals surface area contributed by atoms with Gasteiger partial charge >= 0.3 is 0 Å². The fourth-order valence-corrected chi connectivity index (χ4v) is 5.11. The standard InChI is InChI=1S/C25H33N7S/c1-18(2)12-21-17-29-25(33-21)31-24-7-6-22-23(30-24)13-19(16-28-22)20(14-26)15-27-8-5-11-32-9-3-4-10-32/h6-7,13-18,26-27H,3-5,8-12H2,1-2H3,(H,29,30,31)/p+1. The minimum absolute atomic E-state index is 0.611. The first kappa shape index (κ1) is 23.5. The maximum atomic E-state index is 7.87. The molecule has 3 aromatic rings. The van der Waals surface area contributed by atoms with E-state index in [1.807, 2.05) is 36.8 Å². The number of aromatic nitrogens is 3. The van der Waals surface area contributed by atoms with Crippen LogP contribution in [0, 0.1) is 11.3 Å². The first-order valence-corrected chi connectivity index (χ1v) is 12.7. The maximum absolute atomic E-state index is 7.87. The molecule has 0 bridgehead atoms. The van der Waals surface area contributed by atoms with Crippen molar-refractivity contribution >= 4 is 45.1 Å². The molecule has 0 spiro atoms. The Balaban J connectivity index is 1.40. The fraction of sp³-hybridized carbons (Fsp3) is 0.440. The van der Waals surface area contributed by atoms with Crippen LogP contribution in [-0.2, 0) is 6.42 Å². The Kier molecular flexibility index (Phi) is 8.15. The quantitative estimate of drug-likeness (QED) is 0.294. The van der Waals surface area contributed by atoms with E-state index in [9.17, 15) is 0 Å². The number of hydrogen-bond acceptors (Lipinski definition) is 7. The van der Waals surface area contributed by atoms with Gasteiger partial charge in [-0.05, 0) is 56.5 Å². The summed E-state index contributed by atoms with van der Waals surface area (Å²) < 4.78 is 0. The lowest BCUT2D eigenvalue weighted by atomic mass is 10.1. The molecule has 4 rings (SSSR count). The number of thiazole rings is 1. The molecule has 0 unspecified atom stereocenters. The van der Waals surface area contributed by atoms with Crippen molar-refractivity contribution in [2.45, 2.75) is 39.5 Å². The number of rotatable bonds is 11. The van der Waals surface area contributed by atoms with Crippen LogP contribution in [0.5, 0.6) is 0 Å². The topological polar surface area (TPSA) is 94.4 Å². The first-order valence-electron chi connectivity index (χ1n) is 11.9. The number of fused-ring (bicyclic) bond motifs is 1. The second kappa shape index (κ2) is 11.4. The van der Waals surface area contributed by atoms with Crippen LogP contribution in [0.3, 0.4) is 0 Å². The predicted molar refractivity (Wildman–Crippen MR) is 137 cm³/mol. The summed E-state index contributed by atoms with van der Waals surface area (Å²) >= 11 is 1.67. The fourth-order valence-electron chi connectivity index (χ4n) is 4.08. The highest BCUT2D eigenvalue weighted by Crippen LogP contribution is 2.25. The molecule has 0 amide bonds. The van der Waals surface area contributed by atoms with E-state index in [1.165, 1.54) is 43.6 Å². The Bertz CT molecular complexity index is 1100. The van der Waals surface area contributed by atoms with Gasteiger partial charge in [-0.3, -0.25) is 4.98 Å². The zero-order valence-electron chi connectivity index (χ0n) is 19.6. The van der Waals surface area contributed by atoms with Crippen LogP contribution in [-0.4, -0.2) is 52.2 Å². The van der Waals surface area contributed by atoms with Crippen LogP contribution in [0.15, 0.2) is 36.8 Å². The predicted octanol–water partition coefficient (Wildman–Crippen LogP) is 4.07. The van der Waals surface area contributed by atoms with Crippen molar-refractivity contribution < 1.29 is 5.32 Å². The average Bonchev–Trinajstić information content (AvgIpc) is 3.47. The van der Waals surface area contributed by atoms with Gasteiger partial charge in [0.1, 0.15) is 12.0 Å². The van der Waals surface area contributed by atoms with Crippen molar-refractivity contribution in [2.75, 3.05) is 31.5 Å². The van der Waals surface area contributed by atoms with Gasteiger partial charge < -0.3 is 20.9 Å². The Morgan fingerprint density at radius 2 is 2.06 bits per heavy atom. The number of hydrogen-bond donors (Lipinski definition) is 3. The average molecular weight is 465 g/mol. The Labute approximate surface area is 199 Å². The summed E-state index contributed by atoms with van der Waals surface area (Å²) in [5.74, 6) is 1.36. The van der Waals surface area contributed by atoms with Gasteiger partial charge in [0.2, 0.25) is 0 Å². The lowest BCUT2D eigenvalue weighted by Gasteiger charge is -2.12. The van der Waals surface area contributed by atoms with Crippen molar-refractivity contribution in [1.82, 2.24) is 19.9 Å². The Morgan fingerprint density at radius 1 is 1.21 bits per heavy atom. The van der Waals surface area contributed by atoms with E-state index in [-0.39, 0.29) is 0 Å². The lowest BCUT2D eigenvalue weighted by Crippen LogP contribution is -2.78. The highest BCUT2D eigenvalue weighted by Gasteiger charge is 2.11. The molecule has 0 aromatic carbocycles. The number of nitrogens with one attached hydrogen (secondary N) is 2. The van der Waals surface area contributed by atoms with Gasteiger partial charge in [0.05, 0.1) is 23.2 Å². The Morgan fingerprint density at radius 3 is 2.85 bits per heavy atom. The van der Waals surface area contributed by atoms with Crippen LogP contribution in [0.2, 0.25) is 0 Å². The SMILES string of the molecule is CC(C)Cc1cnc(Nc2ccc3ncc(C(C=N)=C[NH2+]CCCN4CCCC4)cc3n2)s1. The zero-order chi connectivity index (χ0) is 23.0. The van der Waals surface area contributed by atoms with Gasteiger partial charge in [0, 0.05) is 42.0 Å². The molecule has 0 atom stereocenters. The van der Waals surface area contributed by atoms with Crippen LogP contribution >= 0.6 is 11.3 Å². The monoisotopic (exact) mass is 464 g/mol. The van der Waals surface area contributed by atoms with Gasteiger partial charge in [-0.2, -0.15) is 0 Å². The molecular formula is C25H34N7S+. The highest BCUT2D eigenvalue weighted by atomic mass is 32.1. The summed E-state index contributed by atoms with van der Waals surface area (Å²) in [6, 6.07) is 5.91. The molecule has 0 saturated carbocycles. The van der Waals surface area contributed by atoms with Gasteiger partial charge in [-0.25, -0.2) is 9.97 Å². The van der Waals surface area contributed by atoms with E-state index in [0.29, 0.717) is 5.92 Å². The summed E-state index contributed by atoms with van der Waals surface area (Å²) in [4.78, 5) is 17.6. The number of likely N-dealkylation sites (tertiary alicyclic amines) is 1. The molecule has 4 heterocycles. The highest BCUT2D eigenvalue weighted by molar-refractivity contribution is 7.15. The second-order valence-electron chi connectivity index (χ2n) is 9.01. The van der Waals surface area contributed by atoms with Gasteiger partial charge in [0.15, 0.2) is 5.13 Å². The van der Waals surface area contributed by atoms with E-state index in [0.717, 1.165) is 52.5 Å². The van der Waals surface area contributed by atoms with E-state index >= 15 is 0 Å². The first-order chi connectivity index (χ1) is 16.1. The zero-order valence-corrected chi connectivity index (χ0v) is 20.4. The third-order valence-corrected chi connectivity index (χ3v) is 6.70. The molecule has 174 valence electrons. The maximum Gasteiger partial charge on any atom is 0.188 e. The molecule has 1 aliphatic heterocycles. The van der Waals surface area contributed by atoms with E-state index in [4.69, 9.17) is 10.4 Å². The summed E-state index contributed by atoms with van der Waals surface area (Å²) in [5.41, 5.74) is 3.40. The van der Waals surface area contributed by atoms with Crippen molar-refractivity contribution in [3.63, 3.8) is 0 Å². The van der Waals surface area contributed by atoms with Crippen LogP contribution in [0.25, 0.3) is 16.6 Å². The van der Waals surface area contributed by atoms with E-state index < -0.39 is 0 Å². The number of nitrogens with two attached hydrogens (primary N) is 1. The van der Waals surface area contributed by atoms with Crippen molar-refractivity contribution in [2.24, 2.45) is 5.92 Å². The van der Waals surface area contributed by atoms with Gasteiger partial charge in [0.25, 0.3) is 0 Å². The minimum Gasteiger partial charge on any atom is -0.319 e. The summed E-state index contributed by atoms with van der Waals surface area (Å²) in [7, 11) is 0. The summed E-state index contributed by atoms with van der Waals surface area (Å²) in [6.45, 7) is 9.11. The molecule has 8 heteroatoms. The van der Waals surface area contributed by atoms with Crippen LogP contribution < -0.4 is 10.6 Å². The molecule has 33 heavy (non-hydrogen) atoms. The molecule has 3 aromatic heterocycles. The molecule has 1 saturated heterocycles. The number of nitrogens with zero attached hydrogens (tertiary/aromatic N) is 4. The smallest absolute Gasteiger partial charge is 0.188 e. The summed E-state index contributed by atoms with van der Waals surface area (Å²) in [5, 5.41) is 14.2. The number of quaternary nitrogens is 1. The molecule has 0 radical (unpaired) electrons. The van der Waals surface area contributed by atoms with Crippen molar-refractivity contribution in [3.05, 3.63) is 47.2 Å². The second-order valence-corrected chi connectivity index (χ2v) is 10.1. The molecular weight excluding hydrogens is 430 g/mol. The van der Waals surface area contributed by atoms with Gasteiger partial charge in [-0.1, -0.05) is 13.8 Å². The lowest BCUT2D eigenvalue weighted by molar-refractivity contribution is -0.587. The van der Waals surface area contributed by atoms with Crippen LogP contribution in [0.1, 0.15) is 43.6 Å². The van der Waals surface area contributed by atoms with Crippen molar-refractivity contribution in [3.8, 4) is 0 Å². The number of anilines is 2. The van der Waals surface area contributed by atoms with Crippen molar-refractivity contribution in [1.29, 1.82) is 5.41 Å². The normalized spacial score (nSPS) is 14.9. The minimum atomic E-state index is 0.611. The van der Waals surface area contributed by atoms with Gasteiger partial charge in [-0.15, -0.1) is 11.3 Å². The third-order valence-electron chi connectivity index (χ3n) is 5.77.